The van der Waals surface area contributed by atoms with Crippen molar-refractivity contribution in [1.82, 2.24) is 29.7 Å². The SMILES string of the molecule is Cc1cc(C)n2nc(C(=O)N3CCCC[C@H]3c3[nH]ncc3C)cc2n1. The zero-order chi connectivity index (χ0) is 17.6. The number of rotatable bonds is 2. The molecule has 0 aromatic carbocycles. The number of aromatic amines is 1. The summed E-state index contributed by atoms with van der Waals surface area (Å²) in [6.45, 7) is 6.68. The van der Waals surface area contributed by atoms with Crippen LogP contribution in [0.4, 0.5) is 0 Å². The minimum absolute atomic E-state index is 0.0318. The summed E-state index contributed by atoms with van der Waals surface area (Å²) in [6.07, 6.45) is 4.88. The fourth-order valence-corrected chi connectivity index (χ4v) is 3.71. The van der Waals surface area contributed by atoms with E-state index in [1.807, 2.05) is 37.9 Å². The highest BCUT2D eigenvalue weighted by Gasteiger charge is 2.32. The first-order chi connectivity index (χ1) is 12.0. The molecule has 1 aliphatic heterocycles. The Morgan fingerprint density at radius 2 is 2.08 bits per heavy atom. The van der Waals surface area contributed by atoms with Gasteiger partial charge in [0.2, 0.25) is 0 Å². The number of likely N-dealkylation sites (tertiary alicyclic amines) is 1. The summed E-state index contributed by atoms with van der Waals surface area (Å²) in [7, 11) is 0. The normalized spacial score (nSPS) is 18.0. The molecule has 1 aliphatic rings. The van der Waals surface area contributed by atoms with Crippen LogP contribution >= 0.6 is 0 Å². The van der Waals surface area contributed by atoms with Gasteiger partial charge in [-0.2, -0.15) is 10.2 Å². The van der Waals surface area contributed by atoms with Crippen molar-refractivity contribution >= 4 is 11.6 Å². The molecule has 0 saturated carbocycles. The molecule has 130 valence electrons. The van der Waals surface area contributed by atoms with Crippen LogP contribution in [-0.4, -0.2) is 42.1 Å². The van der Waals surface area contributed by atoms with Crippen molar-refractivity contribution in [3.63, 3.8) is 0 Å². The maximum Gasteiger partial charge on any atom is 0.275 e. The maximum absolute atomic E-state index is 13.2. The highest BCUT2D eigenvalue weighted by atomic mass is 16.2. The number of H-pyrrole nitrogens is 1. The standard InChI is InChI=1S/C18H22N6O/c1-11-10-19-21-17(11)15-6-4-5-7-23(15)18(25)14-9-16-20-12(2)8-13(3)24(16)22-14/h8-10,15H,4-7H2,1-3H3,(H,19,21)/t15-/m0/s1. The lowest BCUT2D eigenvalue weighted by molar-refractivity contribution is 0.0599. The van der Waals surface area contributed by atoms with E-state index in [0.29, 0.717) is 11.3 Å². The third-order valence-electron chi connectivity index (χ3n) is 4.92. The van der Waals surface area contributed by atoms with Crippen molar-refractivity contribution in [3.05, 3.63) is 46.7 Å². The molecule has 4 heterocycles. The molecule has 0 bridgehead atoms. The van der Waals surface area contributed by atoms with Gasteiger partial charge in [0.1, 0.15) is 0 Å². The lowest BCUT2D eigenvalue weighted by Crippen LogP contribution is -2.39. The van der Waals surface area contributed by atoms with Crippen molar-refractivity contribution in [1.29, 1.82) is 0 Å². The number of amides is 1. The highest BCUT2D eigenvalue weighted by Crippen LogP contribution is 2.32. The Hall–Kier alpha value is -2.70. The van der Waals surface area contributed by atoms with E-state index in [0.717, 1.165) is 48.5 Å². The van der Waals surface area contributed by atoms with Gasteiger partial charge in [-0.1, -0.05) is 0 Å². The van der Waals surface area contributed by atoms with Gasteiger partial charge in [0.15, 0.2) is 11.3 Å². The third-order valence-corrected chi connectivity index (χ3v) is 4.92. The number of aryl methyl sites for hydroxylation is 3. The van der Waals surface area contributed by atoms with Gasteiger partial charge in [0, 0.05) is 24.0 Å². The molecule has 0 radical (unpaired) electrons. The number of hydrogen-bond acceptors (Lipinski definition) is 4. The van der Waals surface area contributed by atoms with E-state index >= 15 is 0 Å². The number of nitrogens with one attached hydrogen (secondary N) is 1. The second kappa shape index (κ2) is 5.98. The van der Waals surface area contributed by atoms with E-state index in [-0.39, 0.29) is 11.9 Å². The molecule has 1 fully saturated rings. The van der Waals surface area contributed by atoms with Crippen molar-refractivity contribution in [2.24, 2.45) is 0 Å². The Kier molecular flexibility index (Phi) is 3.78. The van der Waals surface area contributed by atoms with Crippen LogP contribution in [0.15, 0.2) is 18.3 Å². The van der Waals surface area contributed by atoms with E-state index < -0.39 is 0 Å². The molecular weight excluding hydrogens is 316 g/mol. The Labute approximate surface area is 146 Å². The van der Waals surface area contributed by atoms with E-state index in [1.165, 1.54) is 0 Å². The summed E-state index contributed by atoms with van der Waals surface area (Å²) >= 11 is 0. The van der Waals surface area contributed by atoms with Gasteiger partial charge in [-0.25, -0.2) is 9.50 Å². The smallest absolute Gasteiger partial charge is 0.275 e. The zero-order valence-corrected chi connectivity index (χ0v) is 14.8. The summed E-state index contributed by atoms with van der Waals surface area (Å²) in [5.74, 6) is -0.0405. The fourth-order valence-electron chi connectivity index (χ4n) is 3.71. The molecule has 0 aliphatic carbocycles. The number of aromatic nitrogens is 5. The first-order valence-corrected chi connectivity index (χ1v) is 8.69. The molecule has 0 spiro atoms. The third kappa shape index (κ3) is 2.69. The van der Waals surface area contributed by atoms with Crippen molar-refractivity contribution < 1.29 is 4.79 Å². The van der Waals surface area contributed by atoms with E-state index in [4.69, 9.17) is 0 Å². The van der Waals surface area contributed by atoms with Crippen molar-refractivity contribution in [3.8, 4) is 0 Å². The molecule has 1 atom stereocenters. The molecule has 7 nitrogen and oxygen atoms in total. The Bertz CT molecular complexity index is 940. The van der Waals surface area contributed by atoms with Crippen molar-refractivity contribution in [2.45, 2.75) is 46.1 Å². The first-order valence-electron chi connectivity index (χ1n) is 8.69. The molecule has 3 aromatic rings. The zero-order valence-electron chi connectivity index (χ0n) is 14.8. The molecule has 3 aromatic heterocycles. The molecule has 1 N–H and O–H groups in total. The van der Waals surface area contributed by atoms with Crippen LogP contribution in [0.1, 0.15) is 58.4 Å². The van der Waals surface area contributed by atoms with Gasteiger partial charge < -0.3 is 4.90 Å². The van der Waals surface area contributed by atoms with E-state index in [1.54, 1.807) is 10.6 Å². The van der Waals surface area contributed by atoms with Crippen molar-refractivity contribution in [2.75, 3.05) is 6.54 Å². The lowest BCUT2D eigenvalue weighted by Gasteiger charge is -2.35. The van der Waals surface area contributed by atoms with Crippen LogP contribution in [0, 0.1) is 20.8 Å². The molecule has 7 heteroatoms. The van der Waals surface area contributed by atoms with Crippen LogP contribution in [0.3, 0.4) is 0 Å². The summed E-state index contributed by atoms with van der Waals surface area (Å²) in [5, 5.41) is 11.7. The maximum atomic E-state index is 13.2. The Balaban J connectivity index is 1.71. The number of fused-ring (bicyclic) bond motifs is 1. The van der Waals surface area contributed by atoms with Crippen LogP contribution in [0.25, 0.3) is 5.65 Å². The van der Waals surface area contributed by atoms with Gasteiger partial charge in [0.05, 0.1) is 17.9 Å². The Morgan fingerprint density at radius 1 is 1.24 bits per heavy atom. The summed E-state index contributed by atoms with van der Waals surface area (Å²) < 4.78 is 1.74. The fraction of sp³-hybridized carbons (Fsp3) is 0.444. The first kappa shape index (κ1) is 15.8. The predicted octanol–water partition coefficient (Wildman–Crippen LogP) is 2.75. The predicted molar refractivity (Wildman–Crippen MR) is 93.4 cm³/mol. The molecule has 1 saturated heterocycles. The van der Waals surface area contributed by atoms with Gasteiger partial charge in [0.25, 0.3) is 5.91 Å². The van der Waals surface area contributed by atoms with Crippen LogP contribution < -0.4 is 0 Å². The van der Waals surface area contributed by atoms with Gasteiger partial charge in [-0.3, -0.25) is 9.89 Å². The van der Waals surface area contributed by atoms with Gasteiger partial charge >= 0.3 is 0 Å². The number of hydrogen-bond donors (Lipinski definition) is 1. The van der Waals surface area contributed by atoms with E-state index in [9.17, 15) is 4.79 Å². The largest absolute Gasteiger partial charge is 0.329 e. The van der Waals surface area contributed by atoms with E-state index in [2.05, 4.69) is 20.3 Å². The average Bonchev–Trinajstić information content (AvgIpc) is 3.20. The minimum Gasteiger partial charge on any atom is -0.329 e. The summed E-state index contributed by atoms with van der Waals surface area (Å²) in [4.78, 5) is 19.6. The van der Waals surface area contributed by atoms with Gasteiger partial charge in [-0.05, 0) is 51.7 Å². The quantitative estimate of drug-likeness (QED) is 0.779. The second-order valence-electron chi connectivity index (χ2n) is 6.82. The van der Waals surface area contributed by atoms with Gasteiger partial charge in [-0.15, -0.1) is 0 Å². The number of nitrogens with zero attached hydrogens (tertiary/aromatic N) is 5. The lowest BCUT2D eigenvalue weighted by atomic mass is 9.97. The molecular formula is C18H22N6O. The second-order valence-corrected chi connectivity index (χ2v) is 6.82. The number of carbonyl (C=O) groups is 1. The van der Waals surface area contributed by atoms with Crippen LogP contribution in [0.5, 0.6) is 0 Å². The highest BCUT2D eigenvalue weighted by molar-refractivity contribution is 5.93. The number of piperidine rings is 1. The molecule has 1 amide bonds. The monoisotopic (exact) mass is 338 g/mol. The van der Waals surface area contributed by atoms with Crippen LogP contribution in [-0.2, 0) is 0 Å². The molecule has 0 unspecified atom stereocenters. The van der Waals surface area contributed by atoms with Crippen LogP contribution in [0.2, 0.25) is 0 Å². The minimum atomic E-state index is -0.0405. The number of carbonyl (C=O) groups excluding carboxylic acids is 1. The molecule has 4 rings (SSSR count). The Morgan fingerprint density at radius 3 is 2.84 bits per heavy atom. The topological polar surface area (TPSA) is 79.2 Å². The molecule has 25 heavy (non-hydrogen) atoms. The summed E-state index contributed by atoms with van der Waals surface area (Å²) in [5.41, 5.74) is 5.18. The average molecular weight is 338 g/mol. The summed E-state index contributed by atoms with van der Waals surface area (Å²) in [6, 6.07) is 3.78.